The van der Waals surface area contributed by atoms with Gasteiger partial charge < -0.3 is 19.1 Å². The van der Waals surface area contributed by atoms with Crippen LogP contribution in [0.2, 0.25) is 0 Å². The predicted molar refractivity (Wildman–Crippen MR) is 140 cm³/mol. The molecule has 2 aromatic carbocycles. The van der Waals surface area contributed by atoms with Gasteiger partial charge in [0.25, 0.3) is 5.89 Å². The van der Waals surface area contributed by atoms with Crippen molar-refractivity contribution < 1.29 is 14.1 Å². The Morgan fingerprint density at radius 2 is 1.78 bits per heavy atom. The quantitative estimate of drug-likeness (QED) is 0.346. The Morgan fingerprint density at radius 1 is 1.00 bits per heavy atom. The monoisotopic (exact) mass is 495 g/mol. The van der Waals surface area contributed by atoms with Crippen LogP contribution < -0.4 is 15.5 Å². The summed E-state index contributed by atoms with van der Waals surface area (Å²) >= 11 is 0. The first-order valence-corrected chi connectivity index (χ1v) is 11.9. The summed E-state index contributed by atoms with van der Waals surface area (Å²) in [5.41, 5.74) is 3.43. The minimum absolute atomic E-state index is 0.0754. The fourth-order valence-corrected chi connectivity index (χ4v) is 4.06. The fourth-order valence-electron chi connectivity index (χ4n) is 4.06. The highest BCUT2D eigenvalue weighted by atomic mass is 16.5. The summed E-state index contributed by atoms with van der Waals surface area (Å²) in [4.78, 5) is 35.3. The van der Waals surface area contributed by atoms with Gasteiger partial charge in [0.05, 0.1) is 12.0 Å². The molecule has 186 valence electrons. The Bertz CT molecular complexity index is 1650. The number of hydrogen-bond acceptors (Lipinski definition) is 7. The van der Waals surface area contributed by atoms with E-state index in [4.69, 9.17) is 9.26 Å². The standard InChI is InChI=1S/C28H25N5O4/c1-4-36-20-12-10-19(11-13-20)30-24(34)16-33-15-23(25(35)22-14-9-18(3)29-27(22)33)28-31-26(32-37-28)21-8-6-5-7-17(21)2/h5-15H,4,16H2,1-3H3,(H,30,34). The average molecular weight is 496 g/mol. The molecule has 1 amide bonds. The van der Waals surface area contributed by atoms with Crippen molar-refractivity contribution in [2.24, 2.45) is 0 Å². The van der Waals surface area contributed by atoms with Gasteiger partial charge in [-0.25, -0.2) is 4.98 Å². The lowest BCUT2D eigenvalue weighted by atomic mass is 10.1. The third-order valence-electron chi connectivity index (χ3n) is 5.87. The maximum atomic E-state index is 13.4. The third-order valence-corrected chi connectivity index (χ3v) is 5.87. The zero-order valence-corrected chi connectivity index (χ0v) is 20.7. The number of anilines is 1. The van der Waals surface area contributed by atoms with Gasteiger partial charge >= 0.3 is 0 Å². The minimum Gasteiger partial charge on any atom is -0.494 e. The molecule has 5 rings (SSSR count). The van der Waals surface area contributed by atoms with Crippen LogP contribution in [0.1, 0.15) is 18.2 Å². The molecule has 0 atom stereocenters. The summed E-state index contributed by atoms with van der Waals surface area (Å²) in [6, 6.07) is 18.2. The highest BCUT2D eigenvalue weighted by Crippen LogP contribution is 2.24. The van der Waals surface area contributed by atoms with Crippen molar-refractivity contribution in [2.75, 3.05) is 11.9 Å². The number of benzene rings is 2. The van der Waals surface area contributed by atoms with Crippen LogP contribution in [0.3, 0.4) is 0 Å². The number of amides is 1. The molecule has 0 aliphatic carbocycles. The number of rotatable bonds is 7. The first kappa shape index (κ1) is 23.9. The number of ether oxygens (including phenoxy) is 1. The summed E-state index contributed by atoms with van der Waals surface area (Å²) in [6.07, 6.45) is 1.55. The second-order valence-corrected chi connectivity index (χ2v) is 8.57. The number of carbonyl (C=O) groups is 1. The normalized spacial score (nSPS) is 11.0. The zero-order chi connectivity index (χ0) is 25.9. The van der Waals surface area contributed by atoms with Crippen LogP contribution in [-0.2, 0) is 11.3 Å². The molecule has 0 radical (unpaired) electrons. The summed E-state index contributed by atoms with van der Waals surface area (Å²) in [7, 11) is 0. The van der Waals surface area contributed by atoms with Crippen LogP contribution in [0.4, 0.5) is 5.69 Å². The van der Waals surface area contributed by atoms with Gasteiger partial charge in [-0.05, 0) is 62.7 Å². The van der Waals surface area contributed by atoms with Crippen molar-refractivity contribution in [3.05, 3.63) is 88.3 Å². The Hall–Kier alpha value is -4.79. The Kier molecular flexibility index (Phi) is 6.51. The van der Waals surface area contributed by atoms with Gasteiger partial charge in [-0.3, -0.25) is 9.59 Å². The van der Waals surface area contributed by atoms with Gasteiger partial charge in [0.2, 0.25) is 17.2 Å². The number of aromatic nitrogens is 4. The first-order chi connectivity index (χ1) is 17.9. The van der Waals surface area contributed by atoms with E-state index < -0.39 is 0 Å². The van der Waals surface area contributed by atoms with E-state index in [1.54, 1.807) is 47.2 Å². The average Bonchev–Trinajstić information content (AvgIpc) is 3.37. The molecular weight excluding hydrogens is 470 g/mol. The summed E-state index contributed by atoms with van der Waals surface area (Å²) in [6.45, 7) is 6.17. The molecule has 0 spiro atoms. The molecule has 0 fully saturated rings. The second kappa shape index (κ2) is 10.1. The van der Waals surface area contributed by atoms with E-state index in [2.05, 4.69) is 20.4 Å². The molecule has 0 bridgehead atoms. The molecule has 0 aliphatic rings. The molecule has 0 unspecified atom stereocenters. The third kappa shape index (κ3) is 4.97. The van der Waals surface area contributed by atoms with Crippen molar-refractivity contribution in [1.29, 1.82) is 0 Å². The van der Waals surface area contributed by atoms with Gasteiger partial charge in [0.1, 0.15) is 23.5 Å². The summed E-state index contributed by atoms with van der Waals surface area (Å²) < 4.78 is 12.6. The molecule has 1 N–H and O–H groups in total. The lowest BCUT2D eigenvalue weighted by Gasteiger charge is -2.13. The highest BCUT2D eigenvalue weighted by molar-refractivity contribution is 5.92. The van der Waals surface area contributed by atoms with Crippen molar-refractivity contribution in [1.82, 2.24) is 19.7 Å². The lowest BCUT2D eigenvalue weighted by molar-refractivity contribution is -0.116. The maximum Gasteiger partial charge on any atom is 0.263 e. The fraction of sp³-hybridized carbons (Fsp3) is 0.179. The number of carbonyl (C=O) groups excluding carboxylic acids is 1. The van der Waals surface area contributed by atoms with Crippen LogP contribution in [0.5, 0.6) is 5.75 Å². The van der Waals surface area contributed by atoms with Crippen molar-refractivity contribution in [2.45, 2.75) is 27.3 Å². The van der Waals surface area contributed by atoms with E-state index in [-0.39, 0.29) is 29.3 Å². The molecule has 3 aromatic heterocycles. The Morgan fingerprint density at radius 3 is 2.54 bits per heavy atom. The van der Waals surface area contributed by atoms with E-state index in [1.165, 1.54) is 0 Å². The summed E-state index contributed by atoms with van der Waals surface area (Å²) in [5.74, 6) is 0.899. The molecule has 0 saturated carbocycles. The Balaban J connectivity index is 1.50. The van der Waals surface area contributed by atoms with Gasteiger partial charge in [0.15, 0.2) is 0 Å². The minimum atomic E-state index is -0.300. The van der Waals surface area contributed by atoms with E-state index in [9.17, 15) is 9.59 Å². The maximum absolute atomic E-state index is 13.4. The SMILES string of the molecule is CCOc1ccc(NC(=O)Cn2cc(-c3nc(-c4ccccc4C)no3)c(=O)c3ccc(C)nc32)cc1. The zero-order valence-electron chi connectivity index (χ0n) is 20.7. The van der Waals surface area contributed by atoms with Gasteiger partial charge in [0, 0.05) is 23.1 Å². The van der Waals surface area contributed by atoms with Crippen LogP contribution >= 0.6 is 0 Å². The molecule has 37 heavy (non-hydrogen) atoms. The predicted octanol–water partition coefficient (Wildman–Crippen LogP) is 4.77. The summed E-state index contributed by atoms with van der Waals surface area (Å²) in [5, 5.41) is 7.31. The van der Waals surface area contributed by atoms with Gasteiger partial charge in [-0.15, -0.1) is 0 Å². The van der Waals surface area contributed by atoms with Crippen molar-refractivity contribution in [3.63, 3.8) is 0 Å². The van der Waals surface area contributed by atoms with E-state index >= 15 is 0 Å². The Labute approximate surface area is 212 Å². The van der Waals surface area contributed by atoms with Crippen molar-refractivity contribution >= 4 is 22.6 Å². The van der Waals surface area contributed by atoms with Gasteiger partial charge in [-0.1, -0.05) is 29.4 Å². The topological polar surface area (TPSA) is 112 Å². The second-order valence-electron chi connectivity index (χ2n) is 8.57. The van der Waals surface area contributed by atoms with Crippen LogP contribution in [-0.4, -0.2) is 32.2 Å². The number of nitrogens with zero attached hydrogens (tertiary/aromatic N) is 4. The number of pyridine rings is 2. The molecule has 9 nitrogen and oxygen atoms in total. The molecule has 3 heterocycles. The molecular formula is C28H25N5O4. The van der Waals surface area contributed by atoms with E-state index in [0.717, 1.165) is 22.6 Å². The number of nitrogens with one attached hydrogen (secondary N) is 1. The largest absolute Gasteiger partial charge is 0.494 e. The smallest absolute Gasteiger partial charge is 0.263 e. The molecule has 5 aromatic rings. The highest BCUT2D eigenvalue weighted by Gasteiger charge is 2.19. The van der Waals surface area contributed by atoms with Crippen LogP contribution in [0, 0.1) is 13.8 Å². The molecule has 9 heteroatoms. The van der Waals surface area contributed by atoms with Crippen LogP contribution in [0.15, 0.2) is 76.2 Å². The molecule has 0 saturated heterocycles. The number of fused-ring (bicyclic) bond motifs is 1. The first-order valence-electron chi connectivity index (χ1n) is 11.9. The van der Waals surface area contributed by atoms with Gasteiger partial charge in [-0.2, -0.15) is 4.98 Å². The lowest BCUT2D eigenvalue weighted by Crippen LogP contribution is -2.22. The number of aryl methyl sites for hydroxylation is 2. The van der Waals surface area contributed by atoms with E-state index in [0.29, 0.717) is 29.2 Å². The van der Waals surface area contributed by atoms with Crippen molar-refractivity contribution in [3.8, 4) is 28.6 Å². The van der Waals surface area contributed by atoms with Crippen LogP contribution in [0.25, 0.3) is 33.9 Å². The molecule has 0 aliphatic heterocycles. The number of hydrogen-bond donors (Lipinski definition) is 1. The van der Waals surface area contributed by atoms with E-state index in [1.807, 2.05) is 45.0 Å².